The fourth-order valence-corrected chi connectivity index (χ4v) is 3.24. The van der Waals surface area contributed by atoms with Gasteiger partial charge in [0.1, 0.15) is 11.7 Å². The maximum atomic E-state index is 13.3. The molecule has 0 amide bonds. The number of hydrogen-bond acceptors (Lipinski definition) is 4. The van der Waals surface area contributed by atoms with E-state index in [4.69, 9.17) is 14.2 Å². The number of carbonyl (C=O) groups excluding carboxylic acids is 1. The van der Waals surface area contributed by atoms with Gasteiger partial charge in [-0.05, 0) is 46.6 Å². The van der Waals surface area contributed by atoms with Crippen molar-refractivity contribution in [3.8, 4) is 11.8 Å². The third-order valence-corrected chi connectivity index (χ3v) is 4.41. The van der Waals surface area contributed by atoms with Crippen LogP contribution in [0, 0.1) is 11.8 Å². The molecule has 0 radical (unpaired) electrons. The van der Waals surface area contributed by atoms with Crippen molar-refractivity contribution in [3.05, 3.63) is 35.9 Å². The van der Waals surface area contributed by atoms with Gasteiger partial charge in [0.15, 0.2) is 5.79 Å². The van der Waals surface area contributed by atoms with Crippen LogP contribution in [0.15, 0.2) is 30.3 Å². The Morgan fingerprint density at radius 2 is 1.82 bits per heavy atom. The number of unbranched alkanes of at least 4 members (excludes halogenated alkanes) is 4. The van der Waals surface area contributed by atoms with Crippen LogP contribution in [0.1, 0.15) is 85.3 Å². The monoisotopic (exact) mass is 386 g/mol. The van der Waals surface area contributed by atoms with E-state index in [0.717, 1.165) is 24.8 Å². The number of benzene rings is 1. The molecule has 1 heterocycles. The van der Waals surface area contributed by atoms with E-state index >= 15 is 0 Å². The molecule has 1 aromatic carbocycles. The van der Waals surface area contributed by atoms with Crippen LogP contribution in [0.4, 0.5) is 0 Å². The Balaban J connectivity index is 2.40. The van der Waals surface area contributed by atoms with Gasteiger partial charge in [-0.2, -0.15) is 0 Å². The van der Waals surface area contributed by atoms with E-state index in [1.807, 2.05) is 51.1 Å². The predicted octanol–water partition coefficient (Wildman–Crippen LogP) is 5.56. The zero-order valence-electron chi connectivity index (χ0n) is 18.1. The van der Waals surface area contributed by atoms with Gasteiger partial charge >= 0.3 is 5.97 Å². The quantitative estimate of drug-likeness (QED) is 0.364. The van der Waals surface area contributed by atoms with Crippen LogP contribution in [-0.2, 0) is 19.0 Å². The molecule has 2 atom stereocenters. The third-order valence-electron chi connectivity index (χ3n) is 4.41. The SMILES string of the molecule is CCCCCCC#C[C@]1(C(=O)OC(C)(C)C)OC(C)(C)O[C@H]1c1ccccc1. The summed E-state index contributed by atoms with van der Waals surface area (Å²) >= 11 is 0. The fraction of sp³-hybridized carbons (Fsp3) is 0.625. The van der Waals surface area contributed by atoms with Gasteiger partial charge in [-0.15, -0.1) is 0 Å². The molecule has 1 saturated heterocycles. The van der Waals surface area contributed by atoms with Gasteiger partial charge in [-0.3, -0.25) is 0 Å². The molecular weight excluding hydrogens is 352 g/mol. The highest BCUT2D eigenvalue weighted by Gasteiger charge is 2.60. The number of carbonyl (C=O) groups is 1. The first-order valence-corrected chi connectivity index (χ1v) is 10.3. The van der Waals surface area contributed by atoms with Crippen molar-refractivity contribution in [2.45, 2.75) is 96.7 Å². The highest BCUT2D eigenvalue weighted by Crippen LogP contribution is 2.46. The predicted molar refractivity (Wildman–Crippen MR) is 111 cm³/mol. The van der Waals surface area contributed by atoms with Gasteiger partial charge < -0.3 is 14.2 Å². The van der Waals surface area contributed by atoms with E-state index in [1.54, 1.807) is 13.8 Å². The highest BCUT2D eigenvalue weighted by molar-refractivity contribution is 5.86. The number of esters is 1. The molecule has 0 spiro atoms. The molecule has 0 bridgehead atoms. The van der Waals surface area contributed by atoms with E-state index in [2.05, 4.69) is 18.8 Å². The Hall–Kier alpha value is -1.83. The standard InChI is InChI=1S/C24H34O4/c1-7-8-9-10-11-15-18-24(21(25)27-22(2,3)4)20(26-23(5,6)28-24)19-16-13-12-14-17-19/h12-14,16-17,20H,7-11H2,1-6H3/t20-,24-/m0/s1. The van der Waals surface area contributed by atoms with Crippen LogP contribution < -0.4 is 0 Å². The minimum Gasteiger partial charge on any atom is -0.457 e. The summed E-state index contributed by atoms with van der Waals surface area (Å²) in [5.74, 6) is 4.85. The molecule has 4 heteroatoms. The second-order valence-corrected chi connectivity index (χ2v) is 8.76. The van der Waals surface area contributed by atoms with E-state index < -0.39 is 29.1 Å². The molecule has 0 unspecified atom stereocenters. The summed E-state index contributed by atoms with van der Waals surface area (Å²) in [7, 11) is 0. The second kappa shape index (κ2) is 9.11. The summed E-state index contributed by atoms with van der Waals surface area (Å²) in [6, 6.07) is 9.62. The third kappa shape index (κ3) is 5.83. The lowest BCUT2D eigenvalue weighted by atomic mass is 9.91. The average Bonchev–Trinajstić information content (AvgIpc) is 2.89. The maximum absolute atomic E-state index is 13.3. The summed E-state index contributed by atoms with van der Waals surface area (Å²) in [6.07, 6.45) is 4.58. The van der Waals surface area contributed by atoms with Crippen LogP contribution in [0.5, 0.6) is 0 Å². The van der Waals surface area contributed by atoms with E-state index in [1.165, 1.54) is 12.8 Å². The van der Waals surface area contributed by atoms with Crippen molar-refractivity contribution >= 4 is 5.97 Å². The van der Waals surface area contributed by atoms with E-state index in [-0.39, 0.29) is 0 Å². The summed E-state index contributed by atoms with van der Waals surface area (Å²) in [5, 5.41) is 0. The van der Waals surface area contributed by atoms with Crippen molar-refractivity contribution in [3.63, 3.8) is 0 Å². The Labute approximate surface area is 169 Å². The van der Waals surface area contributed by atoms with Gasteiger partial charge in [0.2, 0.25) is 0 Å². The lowest BCUT2D eigenvalue weighted by Crippen LogP contribution is -2.47. The van der Waals surface area contributed by atoms with Crippen LogP contribution in [0.25, 0.3) is 0 Å². The lowest BCUT2D eigenvalue weighted by Gasteiger charge is -2.30. The largest absolute Gasteiger partial charge is 0.457 e. The van der Waals surface area contributed by atoms with Gasteiger partial charge in [0, 0.05) is 6.42 Å². The number of rotatable bonds is 6. The van der Waals surface area contributed by atoms with Gasteiger partial charge in [0.05, 0.1) is 0 Å². The zero-order valence-corrected chi connectivity index (χ0v) is 18.1. The molecule has 0 aromatic heterocycles. The maximum Gasteiger partial charge on any atom is 0.355 e. The second-order valence-electron chi connectivity index (χ2n) is 8.76. The highest BCUT2D eigenvalue weighted by atomic mass is 16.8. The van der Waals surface area contributed by atoms with Crippen LogP contribution in [0.3, 0.4) is 0 Å². The molecule has 1 aromatic rings. The number of ether oxygens (including phenoxy) is 3. The van der Waals surface area contributed by atoms with E-state index in [0.29, 0.717) is 0 Å². The molecule has 154 valence electrons. The first kappa shape index (κ1) is 22.5. The van der Waals surface area contributed by atoms with Crippen LogP contribution in [0.2, 0.25) is 0 Å². The molecule has 28 heavy (non-hydrogen) atoms. The van der Waals surface area contributed by atoms with Crippen LogP contribution in [-0.4, -0.2) is 23.0 Å². The molecule has 1 aliphatic rings. The van der Waals surface area contributed by atoms with Gasteiger partial charge in [0.25, 0.3) is 5.60 Å². The normalized spacial score (nSPS) is 23.7. The fourth-order valence-electron chi connectivity index (χ4n) is 3.24. The van der Waals surface area contributed by atoms with Crippen molar-refractivity contribution in [2.24, 2.45) is 0 Å². The Morgan fingerprint density at radius 1 is 1.14 bits per heavy atom. The molecule has 1 fully saturated rings. The summed E-state index contributed by atoms with van der Waals surface area (Å²) in [6.45, 7) is 11.3. The summed E-state index contributed by atoms with van der Waals surface area (Å²) in [4.78, 5) is 13.3. The van der Waals surface area contributed by atoms with Gasteiger partial charge in [-0.1, -0.05) is 68.4 Å². The molecule has 2 rings (SSSR count). The van der Waals surface area contributed by atoms with Crippen molar-refractivity contribution < 1.29 is 19.0 Å². The topological polar surface area (TPSA) is 44.8 Å². The van der Waals surface area contributed by atoms with E-state index in [9.17, 15) is 4.79 Å². The Morgan fingerprint density at radius 3 is 2.43 bits per heavy atom. The minimum absolute atomic E-state index is 0.500. The average molecular weight is 387 g/mol. The molecule has 0 aliphatic carbocycles. The van der Waals surface area contributed by atoms with Crippen molar-refractivity contribution in [1.29, 1.82) is 0 Å². The lowest BCUT2D eigenvalue weighted by molar-refractivity contribution is -0.188. The van der Waals surface area contributed by atoms with Crippen molar-refractivity contribution in [2.75, 3.05) is 0 Å². The Kier molecular flexibility index (Phi) is 7.31. The molecule has 0 N–H and O–H groups in total. The summed E-state index contributed by atoms with van der Waals surface area (Å²) in [5.41, 5.74) is -1.29. The Bertz CT molecular complexity index is 706. The summed E-state index contributed by atoms with van der Waals surface area (Å²) < 4.78 is 18.0. The number of hydrogen-bond donors (Lipinski definition) is 0. The molecular formula is C24H34O4. The minimum atomic E-state index is -1.48. The zero-order chi connectivity index (χ0) is 20.8. The smallest absolute Gasteiger partial charge is 0.355 e. The first-order valence-electron chi connectivity index (χ1n) is 10.3. The first-order chi connectivity index (χ1) is 13.1. The molecule has 1 aliphatic heterocycles. The van der Waals surface area contributed by atoms with Crippen molar-refractivity contribution in [1.82, 2.24) is 0 Å². The molecule has 0 saturated carbocycles. The molecule has 4 nitrogen and oxygen atoms in total. The van der Waals surface area contributed by atoms with Crippen LogP contribution >= 0.6 is 0 Å². The van der Waals surface area contributed by atoms with Gasteiger partial charge in [-0.25, -0.2) is 4.79 Å².